The average molecular weight is 335 g/mol. The molecule has 0 aromatic heterocycles. The van der Waals surface area contributed by atoms with Crippen LogP contribution in [0.1, 0.15) is 47.1 Å². The first-order chi connectivity index (χ1) is 10.4. The van der Waals surface area contributed by atoms with Gasteiger partial charge in [-0.25, -0.2) is 0 Å². The topological polar surface area (TPSA) is 40.5 Å². The molecule has 2 nitrogen and oxygen atoms in total. The molecule has 0 saturated heterocycles. The van der Waals surface area contributed by atoms with Crippen molar-refractivity contribution in [2.24, 2.45) is 10.8 Å². The molecule has 1 aromatic carbocycles. The van der Waals surface area contributed by atoms with Gasteiger partial charge in [0.05, 0.1) is 0 Å². The summed E-state index contributed by atoms with van der Waals surface area (Å²) in [5.74, 6) is 0. The van der Waals surface area contributed by atoms with Gasteiger partial charge in [-0.15, -0.1) is 0 Å². The predicted molar refractivity (Wildman–Crippen MR) is 97.4 cm³/mol. The molecule has 126 valence electrons. The fourth-order valence-corrected chi connectivity index (χ4v) is 2.91. The summed E-state index contributed by atoms with van der Waals surface area (Å²) in [7, 11) is 0. The van der Waals surface area contributed by atoms with E-state index >= 15 is 0 Å². The van der Waals surface area contributed by atoms with Gasteiger partial charge in [0.2, 0.25) is 0 Å². The molecule has 0 aliphatic heterocycles. The van der Waals surface area contributed by atoms with E-state index in [9.17, 15) is 10.2 Å². The summed E-state index contributed by atoms with van der Waals surface area (Å²) in [5.41, 5.74) is 0.654. The van der Waals surface area contributed by atoms with E-state index in [0.29, 0.717) is 5.02 Å². The summed E-state index contributed by atoms with van der Waals surface area (Å²) in [6, 6.07) is 7.36. The van der Waals surface area contributed by atoms with Crippen LogP contribution in [0.4, 0.5) is 0 Å². The van der Waals surface area contributed by atoms with E-state index < -0.39 is 17.1 Å². The molecule has 2 rings (SSSR count). The van der Waals surface area contributed by atoms with Gasteiger partial charge >= 0.3 is 0 Å². The lowest BCUT2D eigenvalue weighted by molar-refractivity contribution is -0.0850. The van der Waals surface area contributed by atoms with E-state index in [2.05, 4.69) is 20.8 Å². The number of rotatable bonds is 1. The SMILES string of the molecule is CC(C)(C)C1=CC(O)(C(C)(C)C)C(O)C(c2ccc(Cl)cc2)=C1. The summed E-state index contributed by atoms with van der Waals surface area (Å²) >= 11 is 5.97. The molecule has 1 aliphatic rings. The van der Waals surface area contributed by atoms with Crippen molar-refractivity contribution in [1.29, 1.82) is 0 Å². The molecule has 0 heterocycles. The number of benzene rings is 1. The van der Waals surface area contributed by atoms with Crippen LogP contribution >= 0.6 is 11.6 Å². The van der Waals surface area contributed by atoms with Gasteiger partial charge in [0.25, 0.3) is 0 Å². The lowest BCUT2D eigenvalue weighted by Gasteiger charge is -2.46. The van der Waals surface area contributed by atoms with Crippen LogP contribution in [0.5, 0.6) is 0 Å². The highest BCUT2D eigenvalue weighted by Gasteiger charge is 2.48. The van der Waals surface area contributed by atoms with Crippen LogP contribution < -0.4 is 0 Å². The molecule has 1 aromatic rings. The molecule has 2 atom stereocenters. The molecule has 3 heteroatoms. The maximum atomic E-state index is 11.3. The highest BCUT2D eigenvalue weighted by molar-refractivity contribution is 6.30. The minimum atomic E-state index is -1.33. The van der Waals surface area contributed by atoms with Crippen LogP contribution in [-0.2, 0) is 0 Å². The fourth-order valence-electron chi connectivity index (χ4n) is 2.78. The largest absolute Gasteiger partial charge is 0.385 e. The Morgan fingerprint density at radius 3 is 1.96 bits per heavy atom. The van der Waals surface area contributed by atoms with E-state index in [-0.39, 0.29) is 5.41 Å². The lowest BCUT2D eigenvalue weighted by Crippen LogP contribution is -2.53. The molecular weight excluding hydrogens is 308 g/mol. The predicted octanol–water partition coefficient (Wildman–Crippen LogP) is 4.85. The van der Waals surface area contributed by atoms with Crippen molar-refractivity contribution >= 4 is 17.2 Å². The van der Waals surface area contributed by atoms with E-state index in [4.69, 9.17) is 11.6 Å². The third-order valence-electron chi connectivity index (χ3n) is 4.64. The fraction of sp³-hybridized carbons (Fsp3) is 0.500. The van der Waals surface area contributed by atoms with E-state index in [0.717, 1.165) is 16.7 Å². The van der Waals surface area contributed by atoms with Crippen LogP contribution in [0, 0.1) is 10.8 Å². The van der Waals surface area contributed by atoms with Crippen molar-refractivity contribution in [2.75, 3.05) is 0 Å². The molecule has 0 fully saturated rings. The number of allylic oxidation sites excluding steroid dienone is 2. The third-order valence-corrected chi connectivity index (χ3v) is 4.90. The number of halogens is 1. The summed E-state index contributed by atoms with van der Waals surface area (Å²) in [4.78, 5) is 0. The van der Waals surface area contributed by atoms with Crippen LogP contribution in [0.2, 0.25) is 5.02 Å². The van der Waals surface area contributed by atoms with E-state index in [1.807, 2.05) is 45.1 Å². The van der Waals surface area contributed by atoms with Crippen molar-refractivity contribution in [3.8, 4) is 0 Å². The monoisotopic (exact) mass is 334 g/mol. The maximum absolute atomic E-state index is 11.3. The van der Waals surface area contributed by atoms with Crippen molar-refractivity contribution < 1.29 is 10.2 Å². The minimum absolute atomic E-state index is 0.128. The Morgan fingerprint density at radius 1 is 1.00 bits per heavy atom. The van der Waals surface area contributed by atoms with Crippen LogP contribution in [0.25, 0.3) is 5.57 Å². The average Bonchev–Trinajstić information content (AvgIpc) is 2.40. The lowest BCUT2D eigenvalue weighted by atomic mass is 9.65. The summed E-state index contributed by atoms with van der Waals surface area (Å²) < 4.78 is 0. The first-order valence-electron chi connectivity index (χ1n) is 7.97. The maximum Gasteiger partial charge on any atom is 0.118 e. The second-order valence-corrected chi connectivity index (χ2v) is 8.87. The zero-order chi connectivity index (χ0) is 17.6. The zero-order valence-electron chi connectivity index (χ0n) is 14.8. The second kappa shape index (κ2) is 5.77. The number of aliphatic hydroxyl groups is 2. The minimum Gasteiger partial charge on any atom is -0.385 e. The number of hydrogen-bond donors (Lipinski definition) is 2. The molecular formula is C20H27ClO2. The quantitative estimate of drug-likeness (QED) is 0.771. The Balaban J connectivity index is 2.64. The van der Waals surface area contributed by atoms with Crippen LogP contribution in [-0.4, -0.2) is 21.9 Å². The summed E-state index contributed by atoms with van der Waals surface area (Å²) in [6.45, 7) is 12.1. The van der Waals surface area contributed by atoms with Gasteiger partial charge in [0.1, 0.15) is 11.7 Å². The summed E-state index contributed by atoms with van der Waals surface area (Å²) in [5, 5.41) is 22.9. The molecule has 0 amide bonds. The van der Waals surface area contributed by atoms with Crippen molar-refractivity contribution in [1.82, 2.24) is 0 Å². The molecule has 2 N–H and O–H groups in total. The molecule has 0 saturated carbocycles. The second-order valence-electron chi connectivity index (χ2n) is 8.43. The van der Waals surface area contributed by atoms with Gasteiger partial charge in [-0.3, -0.25) is 0 Å². The Bertz CT molecular complexity index is 642. The summed E-state index contributed by atoms with van der Waals surface area (Å²) in [6.07, 6.45) is 2.83. The molecule has 0 spiro atoms. The van der Waals surface area contributed by atoms with Crippen LogP contribution in [0.15, 0.2) is 42.0 Å². The number of hydrogen-bond acceptors (Lipinski definition) is 2. The number of aliphatic hydroxyl groups excluding tert-OH is 1. The van der Waals surface area contributed by atoms with Gasteiger partial charge in [-0.1, -0.05) is 71.4 Å². The standard InChI is InChI=1S/C20H27ClO2/c1-18(2,3)14-11-16(13-7-9-15(21)10-8-13)17(22)20(23,12-14)19(4,5)6/h7-12,17,22-23H,1-6H3. The van der Waals surface area contributed by atoms with E-state index in [1.54, 1.807) is 12.1 Å². The van der Waals surface area contributed by atoms with Gasteiger partial charge in [-0.05, 0) is 45.7 Å². The molecule has 23 heavy (non-hydrogen) atoms. The Morgan fingerprint density at radius 2 is 1.52 bits per heavy atom. The Hall–Kier alpha value is -1.09. The Kier molecular flexibility index (Phi) is 4.58. The van der Waals surface area contributed by atoms with Crippen molar-refractivity contribution in [3.63, 3.8) is 0 Å². The first-order valence-corrected chi connectivity index (χ1v) is 8.35. The normalized spacial score (nSPS) is 25.9. The molecule has 0 radical (unpaired) electrons. The smallest absolute Gasteiger partial charge is 0.118 e. The van der Waals surface area contributed by atoms with Crippen LogP contribution in [0.3, 0.4) is 0 Å². The third kappa shape index (κ3) is 3.40. The Labute approximate surface area is 144 Å². The molecule has 0 bridgehead atoms. The molecule has 2 unspecified atom stereocenters. The highest BCUT2D eigenvalue weighted by atomic mass is 35.5. The van der Waals surface area contributed by atoms with Gasteiger partial charge in [-0.2, -0.15) is 0 Å². The van der Waals surface area contributed by atoms with Crippen molar-refractivity contribution in [2.45, 2.75) is 53.2 Å². The highest BCUT2D eigenvalue weighted by Crippen LogP contribution is 2.46. The van der Waals surface area contributed by atoms with Crippen molar-refractivity contribution in [3.05, 3.63) is 52.6 Å². The van der Waals surface area contributed by atoms with Gasteiger partial charge in [0, 0.05) is 5.02 Å². The first kappa shape index (κ1) is 18.3. The van der Waals surface area contributed by atoms with Gasteiger partial charge in [0.15, 0.2) is 0 Å². The van der Waals surface area contributed by atoms with Gasteiger partial charge < -0.3 is 10.2 Å². The van der Waals surface area contributed by atoms with E-state index in [1.165, 1.54) is 0 Å². The molecule has 1 aliphatic carbocycles. The zero-order valence-corrected chi connectivity index (χ0v) is 15.6.